The monoisotopic (exact) mass is 336 g/mol. The van der Waals surface area contributed by atoms with Crippen molar-refractivity contribution in [1.82, 2.24) is 10.2 Å². The van der Waals surface area contributed by atoms with Gasteiger partial charge in [-0.25, -0.2) is 4.79 Å². The number of β-amino-alcohol motifs (C(OH)–C–C–N with tert-alkyl or cyclic N) is 1. The Morgan fingerprint density at radius 3 is 2.33 bits per heavy atom. The van der Waals surface area contributed by atoms with Crippen LogP contribution in [0.15, 0.2) is 0 Å². The largest absolute Gasteiger partial charge is 0.444 e. The first kappa shape index (κ1) is 16.2. The molecule has 0 aromatic heterocycles. The predicted molar refractivity (Wildman–Crippen MR) is 87.1 cm³/mol. The fraction of sp³-hybridized carbons (Fsp3) is 0.889. The van der Waals surface area contributed by atoms with Crippen molar-refractivity contribution in [3.63, 3.8) is 0 Å². The molecular weight excluding hydrogens is 308 g/mol. The molecule has 134 valence electrons. The Hall–Kier alpha value is -1.30. The van der Waals surface area contributed by atoms with Crippen LogP contribution in [0.5, 0.6) is 0 Å². The standard InChI is InChI=1S/C18H28N2O4/c1-18(2,3)24-17(23)20-8-11(21)7-12(20)16(22)19-15-13-9-4-5-10(6-9)14(13)15/h9-15,21H,4-8H2,1-3H3,(H,19,22). The van der Waals surface area contributed by atoms with Crippen LogP contribution in [0.4, 0.5) is 4.79 Å². The quantitative estimate of drug-likeness (QED) is 0.801. The molecule has 3 saturated carbocycles. The summed E-state index contributed by atoms with van der Waals surface area (Å²) in [4.78, 5) is 26.4. The van der Waals surface area contributed by atoms with E-state index in [1.807, 2.05) is 0 Å². The van der Waals surface area contributed by atoms with Crippen molar-refractivity contribution < 1.29 is 19.4 Å². The molecule has 6 unspecified atom stereocenters. The normalized spacial score (nSPS) is 42.8. The summed E-state index contributed by atoms with van der Waals surface area (Å²) in [5, 5.41) is 13.1. The number of hydrogen-bond donors (Lipinski definition) is 2. The van der Waals surface area contributed by atoms with Gasteiger partial charge in [0.25, 0.3) is 0 Å². The highest BCUT2D eigenvalue weighted by Crippen LogP contribution is 2.65. The fourth-order valence-corrected chi connectivity index (χ4v) is 5.36. The lowest BCUT2D eigenvalue weighted by Gasteiger charge is -2.28. The van der Waals surface area contributed by atoms with E-state index >= 15 is 0 Å². The second-order valence-electron chi connectivity index (χ2n) is 9.06. The Bertz CT molecular complexity index is 542. The second kappa shape index (κ2) is 5.35. The molecule has 3 aliphatic carbocycles. The van der Waals surface area contributed by atoms with Gasteiger partial charge in [0.15, 0.2) is 0 Å². The summed E-state index contributed by atoms with van der Waals surface area (Å²) in [6, 6.07) is -0.323. The zero-order valence-corrected chi connectivity index (χ0v) is 14.7. The average Bonchev–Trinajstić information content (AvgIpc) is 2.84. The first-order valence-electron chi connectivity index (χ1n) is 9.22. The summed E-state index contributed by atoms with van der Waals surface area (Å²) in [5.74, 6) is 2.78. The van der Waals surface area contributed by atoms with Crippen molar-refractivity contribution in [1.29, 1.82) is 0 Å². The van der Waals surface area contributed by atoms with Gasteiger partial charge in [0.2, 0.25) is 5.91 Å². The number of aliphatic hydroxyl groups excluding tert-OH is 1. The third-order valence-electron chi connectivity index (χ3n) is 6.25. The molecule has 6 nitrogen and oxygen atoms in total. The van der Waals surface area contributed by atoms with Crippen LogP contribution in [-0.4, -0.2) is 52.3 Å². The van der Waals surface area contributed by atoms with Crippen LogP contribution in [0.25, 0.3) is 0 Å². The molecule has 0 aromatic carbocycles. The smallest absolute Gasteiger partial charge is 0.411 e. The molecule has 6 atom stereocenters. The number of nitrogens with one attached hydrogen (secondary N) is 1. The van der Waals surface area contributed by atoms with E-state index in [2.05, 4.69) is 5.32 Å². The highest BCUT2D eigenvalue weighted by Gasteiger charge is 2.65. The molecule has 6 heteroatoms. The molecule has 4 rings (SSSR count). The molecular formula is C18H28N2O4. The lowest BCUT2D eigenvalue weighted by Crippen LogP contribution is -2.48. The summed E-state index contributed by atoms with van der Waals surface area (Å²) < 4.78 is 5.39. The van der Waals surface area contributed by atoms with E-state index in [4.69, 9.17) is 4.74 Å². The number of aliphatic hydroxyl groups is 1. The van der Waals surface area contributed by atoms with Gasteiger partial charge in [-0.3, -0.25) is 9.69 Å². The van der Waals surface area contributed by atoms with Crippen LogP contribution in [0.3, 0.4) is 0 Å². The van der Waals surface area contributed by atoms with Crippen molar-refractivity contribution >= 4 is 12.0 Å². The van der Waals surface area contributed by atoms with E-state index in [1.165, 1.54) is 24.2 Å². The minimum atomic E-state index is -0.664. The number of rotatable bonds is 2. The lowest BCUT2D eigenvalue weighted by molar-refractivity contribution is -0.125. The van der Waals surface area contributed by atoms with Crippen LogP contribution in [0.1, 0.15) is 46.5 Å². The van der Waals surface area contributed by atoms with E-state index in [0.29, 0.717) is 24.3 Å². The van der Waals surface area contributed by atoms with Crippen molar-refractivity contribution in [3.05, 3.63) is 0 Å². The van der Waals surface area contributed by atoms with Crippen LogP contribution >= 0.6 is 0 Å². The van der Waals surface area contributed by atoms with Crippen molar-refractivity contribution in [2.45, 2.75) is 70.2 Å². The summed E-state index contributed by atoms with van der Waals surface area (Å²) in [6.07, 6.45) is 3.07. The average molecular weight is 336 g/mol. The van der Waals surface area contributed by atoms with Gasteiger partial charge in [-0.1, -0.05) is 0 Å². The van der Waals surface area contributed by atoms with E-state index in [-0.39, 0.29) is 12.5 Å². The number of carbonyl (C=O) groups excluding carboxylic acids is 2. The number of amides is 2. The number of likely N-dealkylation sites (tertiary alicyclic amines) is 1. The zero-order valence-electron chi connectivity index (χ0n) is 14.7. The second-order valence-corrected chi connectivity index (χ2v) is 9.06. The zero-order chi connectivity index (χ0) is 17.2. The van der Waals surface area contributed by atoms with Gasteiger partial charge in [0.1, 0.15) is 11.6 Å². The molecule has 4 fully saturated rings. The van der Waals surface area contributed by atoms with Gasteiger partial charge < -0.3 is 15.2 Å². The number of fused-ring (bicyclic) bond motifs is 5. The number of ether oxygens (including phenoxy) is 1. The maximum absolute atomic E-state index is 12.7. The SMILES string of the molecule is CC(C)(C)OC(=O)N1CC(O)CC1C(=O)NC1C2C3CCC(C3)C12. The molecule has 0 aromatic rings. The minimum absolute atomic E-state index is 0.129. The first-order valence-corrected chi connectivity index (χ1v) is 9.22. The Morgan fingerprint density at radius 2 is 1.75 bits per heavy atom. The van der Waals surface area contributed by atoms with Crippen LogP contribution in [-0.2, 0) is 9.53 Å². The maximum Gasteiger partial charge on any atom is 0.411 e. The number of carbonyl (C=O) groups is 2. The molecule has 1 aliphatic heterocycles. The Balaban J connectivity index is 1.39. The number of hydrogen-bond acceptors (Lipinski definition) is 4. The molecule has 0 spiro atoms. The Kier molecular flexibility index (Phi) is 3.61. The lowest BCUT2D eigenvalue weighted by atomic mass is 10.0. The van der Waals surface area contributed by atoms with Gasteiger partial charge in [-0.05, 0) is 63.7 Å². The topological polar surface area (TPSA) is 78.9 Å². The van der Waals surface area contributed by atoms with Gasteiger partial charge in [0, 0.05) is 12.5 Å². The molecule has 2 N–H and O–H groups in total. The van der Waals surface area contributed by atoms with Gasteiger partial charge >= 0.3 is 6.09 Å². The number of nitrogens with zero attached hydrogens (tertiary/aromatic N) is 1. The highest BCUT2D eigenvalue weighted by atomic mass is 16.6. The summed E-state index contributed by atoms with van der Waals surface area (Å²) in [5.41, 5.74) is -0.613. The summed E-state index contributed by atoms with van der Waals surface area (Å²) in [6.45, 7) is 5.56. The van der Waals surface area contributed by atoms with E-state index in [9.17, 15) is 14.7 Å². The maximum atomic E-state index is 12.7. The molecule has 4 aliphatic rings. The third kappa shape index (κ3) is 2.68. The minimum Gasteiger partial charge on any atom is -0.444 e. The summed E-state index contributed by atoms with van der Waals surface area (Å²) in [7, 11) is 0. The third-order valence-corrected chi connectivity index (χ3v) is 6.25. The van der Waals surface area contributed by atoms with Crippen molar-refractivity contribution in [2.75, 3.05) is 6.54 Å². The Labute approximate surface area is 142 Å². The Morgan fingerprint density at radius 1 is 1.12 bits per heavy atom. The van der Waals surface area contributed by atoms with E-state index < -0.39 is 23.8 Å². The van der Waals surface area contributed by atoms with Crippen LogP contribution in [0, 0.1) is 23.7 Å². The van der Waals surface area contributed by atoms with Crippen LogP contribution < -0.4 is 5.32 Å². The first-order chi connectivity index (χ1) is 11.2. The van der Waals surface area contributed by atoms with Gasteiger partial charge in [-0.2, -0.15) is 0 Å². The van der Waals surface area contributed by atoms with Gasteiger partial charge in [-0.15, -0.1) is 0 Å². The molecule has 2 bridgehead atoms. The predicted octanol–water partition coefficient (Wildman–Crippen LogP) is 1.52. The summed E-state index contributed by atoms with van der Waals surface area (Å²) >= 11 is 0. The molecule has 24 heavy (non-hydrogen) atoms. The molecule has 1 heterocycles. The highest BCUT2D eigenvalue weighted by molar-refractivity contribution is 5.87. The molecule has 0 radical (unpaired) electrons. The van der Waals surface area contributed by atoms with E-state index in [1.54, 1.807) is 20.8 Å². The fourth-order valence-electron chi connectivity index (χ4n) is 5.36. The molecule has 2 amide bonds. The van der Waals surface area contributed by atoms with Gasteiger partial charge in [0.05, 0.1) is 12.6 Å². The van der Waals surface area contributed by atoms with E-state index in [0.717, 1.165) is 11.8 Å². The van der Waals surface area contributed by atoms with Crippen molar-refractivity contribution in [3.8, 4) is 0 Å². The van der Waals surface area contributed by atoms with Crippen molar-refractivity contribution in [2.24, 2.45) is 23.7 Å². The van der Waals surface area contributed by atoms with Crippen LogP contribution in [0.2, 0.25) is 0 Å². The molecule has 1 saturated heterocycles.